The van der Waals surface area contributed by atoms with Crippen LogP contribution in [-0.2, 0) is 4.79 Å². The highest BCUT2D eigenvalue weighted by Gasteiger charge is 2.16. The van der Waals surface area contributed by atoms with Gasteiger partial charge in [0.05, 0.1) is 11.6 Å². The Morgan fingerprint density at radius 1 is 1.27 bits per heavy atom. The molecule has 0 radical (unpaired) electrons. The molecule has 0 unspecified atom stereocenters. The lowest BCUT2D eigenvalue weighted by Crippen LogP contribution is -1.99. The van der Waals surface area contributed by atoms with Gasteiger partial charge in [-0.1, -0.05) is 37.6 Å². The van der Waals surface area contributed by atoms with E-state index in [1.54, 1.807) is 14.0 Å². The minimum absolute atomic E-state index is 0.125. The molecule has 2 aromatic carbocycles. The van der Waals surface area contributed by atoms with E-state index in [1.165, 1.54) is 0 Å². The van der Waals surface area contributed by atoms with Gasteiger partial charge in [0.1, 0.15) is 5.75 Å². The number of rotatable bonds is 5. The lowest BCUT2D eigenvalue weighted by Gasteiger charge is -2.15. The third-order valence-corrected chi connectivity index (χ3v) is 4.70. The van der Waals surface area contributed by atoms with Gasteiger partial charge >= 0.3 is 0 Å². The number of halogens is 1. The number of aryl methyl sites for hydroxylation is 1. The predicted octanol–water partition coefficient (Wildman–Crippen LogP) is 5.69. The molecule has 0 fully saturated rings. The van der Waals surface area contributed by atoms with E-state index in [0.717, 1.165) is 50.5 Å². The van der Waals surface area contributed by atoms with Crippen LogP contribution >= 0.6 is 15.9 Å². The molecule has 0 amide bonds. The van der Waals surface area contributed by atoms with Gasteiger partial charge in [0.25, 0.3) is 0 Å². The van der Waals surface area contributed by atoms with Gasteiger partial charge in [0, 0.05) is 5.39 Å². The van der Waals surface area contributed by atoms with E-state index in [0.29, 0.717) is 0 Å². The van der Waals surface area contributed by atoms with Crippen molar-refractivity contribution in [3.8, 4) is 5.75 Å². The zero-order valence-corrected chi connectivity index (χ0v) is 15.1. The molecule has 0 saturated carbocycles. The van der Waals surface area contributed by atoms with Crippen LogP contribution in [0, 0.1) is 6.92 Å². The summed E-state index contributed by atoms with van der Waals surface area (Å²) in [7, 11) is 1.67. The molecule has 0 aliphatic rings. The van der Waals surface area contributed by atoms with Crippen LogP contribution in [0.15, 0.2) is 34.3 Å². The lowest BCUT2D eigenvalue weighted by molar-refractivity contribution is -0.113. The predicted molar refractivity (Wildman–Crippen MR) is 96.5 cm³/mol. The SMILES string of the molecule is CCC/C(=C\c1c(Br)c(OC)c2ccccc2c1C)C(C)=O. The zero-order valence-electron chi connectivity index (χ0n) is 13.5. The Morgan fingerprint density at radius 3 is 2.45 bits per heavy atom. The minimum Gasteiger partial charge on any atom is -0.495 e. The van der Waals surface area contributed by atoms with Crippen molar-refractivity contribution in [2.24, 2.45) is 0 Å². The Kier molecular flexibility index (Phi) is 5.41. The molecule has 0 bridgehead atoms. The molecule has 22 heavy (non-hydrogen) atoms. The number of Topliss-reactive ketones (excluding diaryl/α,β-unsaturated/α-hetero) is 1. The molecular formula is C19H21BrO2. The van der Waals surface area contributed by atoms with Crippen molar-refractivity contribution in [2.45, 2.75) is 33.6 Å². The second-order valence-corrected chi connectivity index (χ2v) is 6.20. The van der Waals surface area contributed by atoms with E-state index in [1.807, 2.05) is 18.2 Å². The van der Waals surface area contributed by atoms with Crippen molar-refractivity contribution in [1.82, 2.24) is 0 Å². The van der Waals surface area contributed by atoms with Crippen molar-refractivity contribution in [1.29, 1.82) is 0 Å². The molecule has 0 aliphatic carbocycles. The summed E-state index contributed by atoms with van der Waals surface area (Å²) in [6.45, 7) is 5.80. The average Bonchev–Trinajstić information content (AvgIpc) is 2.50. The summed E-state index contributed by atoms with van der Waals surface area (Å²) in [6, 6.07) is 8.17. The van der Waals surface area contributed by atoms with Gasteiger partial charge in [0.15, 0.2) is 5.78 Å². The number of methoxy groups -OCH3 is 1. The molecule has 0 heterocycles. The summed E-state index contributed by atoms with van der Waals surface area (Å²) in [5.74, 6) is 0.937. The zero-order chi connectivity index (χ0) is 16.3. The maximum absolute atomic E-state index is 11.9. The summed E-state index contributed by atoms with van der Waals surface area (Å²) < 4.78 is 6.50. The van der Waals surface area contributed by atoms with Crippen LogP contribution in [0.5, 0.6) is 5.75 Å². The highest BCUT2D eigenvalue weighted by Crippen LogP contribution is 2.40. The second kappa shape index (κ2) is 7.10. The Hall–Kier alpha value is -1.61. The molecule has 2 rings (SSSR count). The average molecular weight is 361 g/mol. The van der Waals surface area contributed by atoms with Crippen molar-refractivity contribution in [3.05, 3.63) is 45.4 Å². The van der Waals surface area contributed by atoms with Crippen LogP contribution in [0.3, 0.4) is 0 Å². The van der Waals surface area contributed by atoms with Crippen LogP contribution < -0.4 is 4.74 Å². The lowest BCUT2D eigenvalue weighted by atomic mass is 9.95. The van der Waals surface area contributed by atoms with Crippen LogP contribution in [-0.4, -0.2) is 12.9 Å². The fourth-order valence-electron chi connectivity index (χ4n) is 2.72. The Balaban J connectivity index is 2.78. The minimum atomic E-state index is 0.125. The summed E-state index contributed by atoms with van der Waals surface area (Å²) >= 11 is 3.66. The van der Waals surface area contributed by atoms with Crippen molar-refractivity contribution < 1.29 is 9.53 Å². The smallest absolute Gasteiger partial charge is 0.155 e. The fourth-order valence-corrected chi connectivity index (χ4v) is 3.51. The van der Waals surface area contributed by atoms with Gasteiger partial charge in [0.2, 0.25) is 0 Å². The van der Waals surface area contributed by atoms with E-state index in [4.69, 9.17) is 4.74 Å². The van der Waals surface area contributed by atoms with Gasteiger partial charge in [-0.2, -0.15) is 0 Å². The summed E-state index contributed by atoms with van der Waals surface area (Å²) in [4.78, 5) is 11.9. The number of carbonyl (C=O) groups is 1. The number of hydrogen-bond acceptors (Lipinski definition) is 2. The van der Waals surface area contributed by atoms with Crippen molar-refractivity contribution in [3.63, 3.8) is 0 Å². The molecule has 3 heteroatoms. The van der Waals surface area contributed by atoms with E-state index in [2.05, 4.69) is 41.9 Å². The van der Waals surface area contributed by atoms with Gasteiger partial charge in [-0.05, 0) is 64.4 Å². The molecule has 116 valence electrons. The second-order valence-electron chi connectivity index (χ2n) is 5.41. The number of benzene rings is 2. The highest BCUT2D eigenvalue weighted by molar-refractivity contribution is 9.10. The van der Waals surface area contributed by atoms with Crippen molar-refractivity contribution in [2.75, 3.05) is 7.11 Å². The first-order chi connectivity index (χ1) is 10.5. The molecule has 0 saturated heterocycles. The fraction of sp³-hybridized carbons (Fsp3) is 0.316. The van der Waals surface area contributed by atoms with Gasteiger partial charge < -0.3 is 4.74 Å². The van der Waals surface area contributed by atoms with Gasteiger partial charge in [-0.25, -0.2) is 0 Å². The molecule has 0 spiro atoms. The topological polar surface area (TPSA) is 26.3 Å². The van der Waals surface area contributed by atoms with Crippen LogP contribution in [0.1, 0.15) is 37.8 Å². The number of hydrogen-bond donors (Lipinski definition) is 0. The van der Waals surface area contributed by atoms with E-state index in [9.17, 15) is 4.79 Å². The summed E-state index contributed by atoms with van der Waals surface area (Å²) in [5.41, 5.74) is 3.02. The standard InChI is InChI=1S/C19H21BrO2/c1-5-8-14(13(3)21)11-17-12(2)15-9-6-7-10-16(15)19(22-4)18(17)20/h6-7,9-11H,5,8H2,1-4H3/b14-11+. The number of fused-ring (bicyclic) bond motifs is 1. The quantitative estimate of drug-likeness (QED) is 0.640. The van der Waals surface area contributed by atoms with Crippen molar-refractivity contribution >= 4 is 38.6 Å². The largest absolute Gasteiger partial charge is 0.495 e. The first-order valence-electron chi connectivity index (χ1n) is 7.47. The number of carbonyl (C=O) groups excluding carboxylic acids is 1. The molecule has 0 N–H and O–H groups in total. The Labute approximate surface area is 140 Å². The third-order valence-electron chi connectivity index (χ3n) is 3.91. The maximum atomic E-state index is 11.9. The van der Waals surface area contributed by atoms with Gasteiger partial charge in [-0.15, -0.1) is 0 Å². The molecule has 2 nitrogen and oxygen atoms in total. The van der Waals surface area contributed by atoms with E-state index >= 15 is 0 Å². The molecule has 0 atom stereocenters. The molecule has 0 aromatic heterocycles. The normalized spacial score (nSPS) is 11.8. The van der Waals surface area contributed by atoms with Crippen LogP contribution in [0.2, 0.25) is 0 Å². The Morgan fingerprint density at radius 2 is 1.91 bits per heavy atom. The Bertz CT molecular complexity index is 745. The third kappa shape index (κ3) is 3.09. The number of ether oxygens (including phenoxy) is 1. The maximum Gasteiger partial charge on any atom is 0.155 e. The van der Waals surface area contributed by atoms with Crippen LogP contribution in [0.25, 0.3) is 16.8 Å². The molecular weight excluding hydrogens is 340 g/mol. The summed E-state index contributed by atoms with van der Waals surface area (Å²) in [6.07, 6.45) is 3.74. The number of ketones is 1. The van der Waals surface area contributed by atoms with Crippen LogP contribution in [0.4, 0.5) is 0 Å². The number of allylic oxidation sites excluding steroid dienone is 1. The monoisotopic (exact) mass is 360 g/mol. The highest BCUT2D eigenvalue weighted by atomic mass is 79.9. The first-order valence-corrected chi connectivity index (χ1v) is 8.26. The van der Waals surface area contributed by atoms with Gasteiger partial charge in [-0.3, -0.25) is 4.79 Å². The van der Waals surface area contributed by atoms with E-state index in [-0.39, 0.29) is 5.78 Å². The van der Waals surface area contributed by atoms with E-state index < -0.39 is 0 Å². The first kappa shape index (κ1) is 16.8. The molecule has 0 aliphatic heterocycles. The molecule has 2 aromatic rings. The summed E-state index contributed by atoms with van der Waals surface area (Å²) in [5, 5.41) is 2.22.